The number of nitro benzene ring substituents is 1. The normalized spacial score (nSPS) is 14.8. The third kappa shape index (κ3) is 5.52. The molecule has 0 bridgehead atoms. The predicted molar refractivity (Wildman–Crippen MR) is 116 cm³/mol. The quantitative estimate of drug-likeness (QED) is 0.489. The lowest BCUT2D eigenvalue weighted by Gasteiger charge is -2.26. The average Bonchev–Trinajstić information content (AvgIpc) is 2.74. The molecule has 0 unspecified atom stereocenters. The molecule has 0 spiro atoms. The summed E-state index contributed by atoms with van der Waals surface area (Å²) in [6, 6.07) is 8.45. The van der Waals surface area contributed by atoms with E-state index in [1.807, 2.05) is 0 Å². The van der Waals surface area contributed by atoms with Crippen molar-refractivity contribution in [3.05, 3.63) is 57.1 Å². The van der Waals surface area contributed by atoms with E-state index in [0.29, 0.717) is 24.4 Å². The Kier molecular flexibility index (Phi) is 7.14. The van der Waals surface area contributed by atoms with E-state index in [9.17, 15) is 23.3 Å². The van der Waals surface area contributed by atoms with Gasteiger partial charge in [0.2, 0.25) is 10.0 Å². The van der Waals surface area contributed by atoms with E-state index in [1.54, 1.807) is 6.92 Å². The van der Waals surface area contributed by atoms with Crippen LogP contribution in [0.4, 0.5) is 11.4 Å². The Balaban J connectivity index is 1.67. The monoisotopic (exact) mass is 467 g/mol. The molecular formula is C20H22ClN3O6S. The molecule has 3 rings (SSSR count). The van der Waals surface area contributed by atoms with Gasteiger partial charge in [0.15, 0.2) is 6.61 Å². The molecule has 31 heavy (non-hydrogen) atoms. The molecule has 0 atom stereocenters. The number of piperidine rings is 1. The van der Waals surface area contributed by atoms with E-state index in [0.717, 1.165) is 19.3 Å². The zero-order valence-corrected chi connectivity index (χ0v) is 18.4. The summed E-state index contributed by atoms with van der Waals surface area (Å²) in [6.45, 7) is 2.10. The average molecular weight is 468 g/mol. The minimum Gasteiger partial charge on any atom is -0.484 e. The molecule has 0 saturated carbocycles. The van der Waals surface area contributed by atoms with Gasteiger partial charge in [-0.05, 0) is 50.1 Å². The summed E-state index contributed by atoms with van der Waals surface area (Å²) >= 11 is 6.14. The topological polar surface area (TPSA) is 119 Å². The van der Waals surface area contributed by atoms with Gasteiger partial charge < -0.3 is 10.1 Å². The number of aryl methyl sites for hydroxylation is 1. The van der Waals surface area contributed by atoms with E-state index in [4.69, 9.17) is 16.3 Å². The third-order valence-corrected chi connectivity index (χ3v) is 7.26. The third-order valence-electron chi connectivity index (χ3n) is 4.88. The van der Waals surface area contributed by atoms with Crippen molar-refractivity contribution in [1.82, 2.24) is 4.31 Å². The zero-order valence-electron chi connectivity index (χ0n) is 16.8. The van der Waals surface area contributed by atoms with E-state index in [1.165, 1.54) is 40.7 Å². The van der Waals surface area contributed by atoms with Crippen molar-refractivity contribution in [3.8, 4) is 5.75 Å². The van der Waals surface area contributed by atoms with E-state index in [-0.39, 0.29) is 27.9 Å². The minimum absolute atomic E-state index is 0.0413. The van der Waals surface area contributed by atoms with Crippen molar-refractivity contribution in [1.29, 1.82) is 0 Å². The Morgan fingerprint density at radius 2 is 1.90 bits per heavy atom. The molecule has 2 aromatic rings. The summed E-state index contributed by atoms with van der Waals surface area (Å²) in [4.78, 5) is 22.6. The van der Waals surface area contributed by atoms with Crippen molar-refractivity contribution in [2.45, 2.75) is 31.1 Å². The summed E-state index contributed by atoms with van der Waals surface area (Å²) in [5, 5.41) is 13.5. The number of carbonyl (C=O) groups excluding carboxylic acids is 1. The van der Waals surface area contributed by atoms with Gasteiger partial charge in [-0.2, -0.15) is 4.31 Å². The fourth-order valence-corrected chi connectivity index (χ4v) is 5.31. The van der Waals surface area contributed by atoms with Gasteiger partial charge in [-0.3, -0.25) is 14.9 Å². The lowest BCUT2D eigenvalue weighted by Crippen LogP contribution is -2.35. The van der Waals surface area contributed by atoms with Gasteiger partial charge in [0.25, 0.3) is 11.6 Å². The maximum Gasteiger partial charge on any atom is 0.272 e. The fraction of sp³-hybridized carbons (Fsp3) is 0.350. The van der Waals surface area contributed by atoms with E-state index in [2.05, 4.69) is 5.32 Å². The first-order valence-electron chi connectivity index (χ1n) is 9.66. The number of nitrogens with zero attached hydrogens (tertiary/aromatic N) is 2. The summed E-state index contributed by atoms with van der Waals surface area (Å²) in [7, 11) is -3.76. The van der Waals surface area contributed by atoms with Crippen molar-refractivity contribution in [2.24, 2.45) is 0 Å². The number of ether oxygens (including phenoxy) is 1. The van der Waals surface area contributed by atoms with Crippen molar-refractivity contribution >= 4 is 38.9 Å². The molecule has 166 valence electrons. The van der Waals surface area contributed by atoms with Gasteiger partial charge in [-0.1, -0.05) is 18.0 Å². The molecule has 1 saturated heterocycles. The van der Waals surface area contributed by atoms with Crippen LogP contribution in [0.2, 0.25) is 5.02 Å². The van der Waals surface area contributed by atoms with Gasteiger partial charge in [0.05, 0.1) is 9.95 Å². The first kappa shape index (κ1) is 23.0. The molecule has 1 N–H and O–H groups in total. The Hall–Kier alpha value is -2.69. The first-order valence-corrected chi connectivity index (χ1v) is 11.5. The smallest absolute Gasteiger partial charge is 0.272 e. The van der Waals surface area contributed by atoms with Crippen LogP contribution in [0.15, 0.2) is 41.3 Å². The number of halogens is 1. The highest BCUT2D eigenvalue weighted by Crippen LogP contribution is 2.29. The van der Waals surface area contributed by atoms with Crippen LogP contribution in [-0.4, -0.2) is 43.2 Å². The van der Waals surface area contributed by atoms with Gasteiger partial charge >= 0.3 is 0 Å². The molecule has 0 aliphatic carbocycles. The second-order valence-corrected chi connectivity index (χ2v) is 9.47. The molecule has 0 radical (unpaired) electrons. The van der Waals surface area contributed by atoms with Crippen molar-refractivity contribution < 1.29 is 22.9 Å². The van der Waals surface area contributed by atoms with Crippen LogP contribution in [0, 0.1) is 17.0 Å². The molecule has 9 nitrogen and oxygen atoms in total. The maximum atomic E-state index is 12.9. The Morgan fingerprint density at radius 1 is 1.19 bits per heavy atom. The molecule has 0 aromatic heterocycles. The zero-order chi connectivity index (χ0) is 22.6. The molecule has 1 aliphatic rings. The standard InChI is InChI=1S/C20H22ClN3O6S/c1-14-11-16(6-8-18(14)24(26)27)30-13-20(25)22-15-5-7-17(21)19(12-15)31(28,29)23-9-3-2-4-10-23/h5-8,11-12H,2-4,9-10,13H2,1H3,(H,22,25). The molecule has 1 heterocycles. The minimum atomic E-state index is -3.76. The molecule has 11 heteroatoms. The molecular weight excluding hydrogens is 446 g/mol. The molecule has 1 fully saturated rings. The van der Waals surface area contributed by atoms with Crippen LogP contribution in [0.25, 0.3) is 0 Å². The SMILES string of the molecule is Cc1cc(OCC(=O)Nc2ccc(Cl)c(S(=O)(=O)N3CCCCC3)c2)ccc1[N+](=O)[O-]. The Morgan fingerprint density at radius 3 is 2.55 bits per heavy atom. The second kappa shape index (κ2) is 9.63. The number of hydrogen-bond donors (Lipinski definition) is 1. The number of nitro groups is 1. The van der Waals surface area contributed by atoms with Gasteiger partial charge in [-0.15, -0.1) is 0 Å². The van der Waals surface area contributed by atoms with Crippen LogP contribution in [-0.2, 0) is 14.8 Å². The number of hydrogen-bond acceptors (Lipinski definition) is 6. The van der Waals surface area contributed by atoms with Crippen LogP contribution >= 0.6 is 11.6 Å². The highest BCUT2D eigenvalue weighted by molar-refractivity contribution is 7.89. The summed E-state index contributed by atoms with van der Waals surface area (Å²) in [5.41, 5.74) is 0.641. The van der Waals surface area contributed by atoms with Crippen LogP contribution in [0.1, 0.15) is 24.8 Å². The number of rotatable bonds is 7. The van der Waals surface area contributed by atoms with Gasteiger partial charge in [0.1, 0.15) is 10.6 Å². The number of anilines is 1. The molecule has 1 aliphatic heterocycles. The predicted octanol–water partition coefficient (Wildman–Crippen LogP) is 3.75. The maximum absolute atomic E-state index is 12.9. The van der Waals surface area contributed by atoms with Gasteiger partial charge in [0, 0.05) is 30.4 Å². The molecule has 1 amide bonds. The van der Waals surface area contributed by atoms with Gasteiger partial charge in [-0.25, -0.2) is 8.42 Å². The first-order chi connectivity index (χ1) is 14.7. The lowest BCUT2D eigenvalue weighted by molar-refractivity contribution is -0.385. The van der Waals surface area contributed by atoms with E-state index >= 15 is 0 Å². The Bertz CT molecular complexity index is 1100. The van der Waals surface area contributed by atoms with Crippen LogP contribution < -0.4 is 10.1 Å². The van der Waals surface area contributed by atoms with Crippen molar-refractivity contribution in [2.75, 3.05) is 25.0 Å². The highest BCUT2D eigenvalue weighted by Gasteiger charge is 2.28. The number of carbonyl (C=O) groups is 1. The second-order valence-electron chi connectivity index (χ2n) is 7.15. The highest BCUT2D eigenvalue weighted by atomic mass is 35.5. The molecule has 2 aromatic carbocycles. The number of sulfonamides is 1. The number of benzene rings is 2. The van der Waals surface area contributed by atoms with E-state index < -0.39 is 20.9 Å². The summed E-state index contributed by atoms with van der Waals surface area (Å²) in [6.07, 6.45) is 2.59. The summed E-state index contributed by atoms with van der Waals surface area (Å²) in [5.74, 6) is -0.206. The number of nitrogens with one attached hydrogen (secondary N) is 1. The van der Waals surface area contributed by atoms with Crippen molar-refractivity contribution in [3.63, 3.8) is 0 Å². The number of amides is 1. The Labute approximate surface area is 185 Å². The largest absolute Gasteiger partial charge is 0.484 e. The van der Waals surface area contributed by atoms with Crippen LogP contribution in [0.5, 0.6) is 5.75 Å². The fourth-order valence-electron chi connectivity index (χ4n) is 3.29. The lowest BCUT2D eigenvalue weighted by atomic mass is 10.2. The van der Waals surface area contributed by atoms with Crippen LogP contribution in [0.3, 0.4) is 0 Å². The summed E-state index contributed by atoms with van der Waals surface area (Å²) < 4.78 is 32.6.